The molecule has 184 valence electrons. The Labute approximate surface area is 231 Å². The Hall–Kier alpha value is -1.90. The summed E-state index contributed by atoms with van der Waals surface area (Å²) in [6.07, 6.45) is 3.36. The van der Waals surface area contributed by atoms with Gasteiger partial charge in [-0.2, -0.15) is 83.9 Å². The van der Waals surface area contributed by atoms with Gasteiger partial charge in [0.25, 0.3) is 0 Å². The molecule has 4 heteroatoms. The molecule has 0 radical (unpaired) electrons. The van der Waals surface area contributed by atoms with Crippen LogP contribution in [0.5, 0.6) is 5.75 Å². The predicted molar refractivity (Wildman–Crippen MR) is 150 cm³/mol. The molecule has 1 aliphatic carbocycles. The first-order valence-corrected chi connectivity index (χ1v) is 11.6. The number of phenols is 1. The van der Waals surface area contributed by atoms with Crippen molar-refractivity contribution in [3.05, 3.63) is 125 Å². The molecule has 0 saturated carbocycles. The standard InChI is InChI=1S/C9H13.C8H10O.2C6H5.CH2.2ClH.Ti/c1-6-5-7(2)9(4)8(6)3;1-6-3-7(2)5-8(9)4-6;2*1-2-4-6-5-3-1;;;;/h6H,1-4H3;3-5,9H,1-2H3;2*1-5H;1H2;2*1H;/q-1;;2*-1;;;;. The summed E-state index contributed by atoms with van der Waals surface area (Å²) in [5.41, 5.74) is 6.45. The summed E-state index contributed by atoms with van der Waals surface area (Å²) in [7, 11) is 0. The van der Waals surface area contributed by atoms with Gasteiger partial charge in [-0.05, 0) is 37.1 Å². The normalized spacial score (nSPS) is 12.6. The summed E-state index contributed by atoms with van der Waals surface area (Å²) in [6, 6.07) is 30.5. The number of allylic oxidation sites excluding steroid dienone is 4. The fourth-order valence-electron chi connectivity index (χ4n) is 2.80. The smallest absolute Gasteiger partial charge is 0.171 e. The van der Waals surface area contributed by atoms with E-state index in [1.165, 1.54) is 16.7 Å². The molecule has 0 bridgehead atoms. The van der Waals surface area contributed by atoms with Gasteiger partial charge in [-0.15, -0.1) is 31.7 Å². The Morgan fingerprint density at radius 3 is 1.24 bits per heavy atom. The van der Waals surface area contributed by atoms with Crippen molar-refractivity contribution in [1.82, 2.24) is 0 Å². The van der Waals surface area contributed by atoms with Crippen molar-refractivity contribution in [3.8, 4) is 5.75 Å². The van der Waals surface area contributed by atoms with Crippen LogP contribution in [0.1, 0.15) is 38.8 Å². The maximum Gasteiger partial charge on any atom is -0.171 e. The molecule has 0 heterocycles. The molecule has 3 aromatic rings. The number of rotatable bonds is 0. The molecule has 0 fully saturated rings. The first-order chi connectivity index (χ1) is 15.3. The fourth-order valence-corrected chi connectivity index (χ4v) is 2.80. The third-order valence-corrected chi connectivity index (χ3v) is 4.66. The largest absolute Gasteiger partial charge is 0.184 e. The summed E-state index contributed by atoms with van der Waals surface area (Å²) < 4.78 is 0. The maximum atomic E-state index is 8.99. The molecule has 0 saturated heterocycles. The minimum absolute atomic E-state index is 0. The number of phenolic OH excluding ortho intramolecular Hbond substituents is 1. The topological polar surface area (TPSA) is 20.2 Å². The second kappa shape index (κ2) is 22.9. The van der Waals surface area contributed by atoms with E-state index in [1.807, 2.05) is 80.6 Å². The van der Waals surface area contributed by atoms with Gasteiger partial charge in [0.2, 0.25) is 0 Å². The Bertz CT molecular complexity index is 803. The third kappa shape index (κ3) is 17.6. The zero-order valence-corrected chi connectivity index (χ0v) is 24.2. The van der Waals surface area contributed by atoms with Gasteiger partial charge >= 0.3 is 24.8 Å². The van der Waals surface area contributed by atoms with E-state index in [4.69, 9.17) is 5.11 Å². The van der Waals surface area contributed by atoms with Gasteiger partial charge in [-0.1, -0.05) is 32.8 Å². The predicted octanol–water partition coefficient (Wildman–Crippen LogP) is 8.51. The van der Waals surface area contributed by atoms with E-state index in [1.54, 1.807) is 32.1 Å². The quantitative estimate of drug-likeness (QED) is 0.227. The number of hydrogen-bond donors (Lipinski definition) is 1. The zero-order chi connectivity index (χ0) is 24.4. The van der Waals surface area contributed by atoms with Crippen molar-refractivity contribution in [2.45, 2.75) is 41.5 Å². The number of benzene rings is 3. The minimum Gasteiger partial charge on any atom is -0.184 e. The zero-order valence-electron chi connectivity index (χ0n) is 21.1. The SMILES string of the molecule is CC1=[C-]C(C)C(C)=C1C.Cc1cc(C)cc(O)c1.Cl.Cl.[CH2]=[Ti].[c-]1ccccc1.[c-]1ccccc1. The van der Waals surface area contributed by atoms with Crippen LogP contribution in [0.2, 0.25) is 0 Å². The third-order valence-electron chi connectivity index (χ3n) is 4.66. The van der Waals surface area contributed by atoms with E-state index in [2.05, 4.69) is 50.7 Å². The molecule has 4 rings (SSSR count). The van der Waals surface area contributed by atoms with E-state index in [0.29, 0.717) is 11.7 Å². The van der Waals surface area contributed by atoms with Crippen molar-refractivity contribution in [1.29, 1.82) is 0 Å². The van der Waals surface area contributed by atoms with Crippen LogP contribution in [0, 0.1) is 38.0 Å². The van der Waals surface area contributed by atoms with Gasteiger partial charge in [0.15, 0.2) is 0 Å². The number of halogens is 2. The molecule has 34 heavy (non-hydrogen) atoms. The van der Waals surface area contributed by atoms with E-state index >= 15 is 0 Å². The number of hydrogen-bond acceptors (Lipinski definition) is 1. The van der Waals surface area contributed by atoms with Crippen molar-refractivity contribution in [3.63, 3.8) is 0 Å². The van der Waals surface area contributed by atoms with Gasteiger partial charge < -0.3 is 5.11 Å². The molecule has 0 amide bonds. The van der Waals surface area contributed by atoms with E-state index in [0.717, 1.165) is 11.1 Å². The van der Waals surface area contributed by atoms with Crippen LogP contribution in [0.4, 0.5) is 0 Å². The van der Waals surface area contributed by atoms with E-state index in [-0.39, 0.29) is 24.8 Å². The molecular weight excluding hydrogens is 495 g/mol. The molecule has 1 aliphatic rings. The second-order valence-corrected chi connectivity index (χ2v) is 7.30. The molecule has 1 unspecified atom stereocenters. The van der Waals surface area contributed by atoms with Gasteiger partial charge in [-0.25, -0.2) is 5.57 Å². The Balaban J connectivity index is -0.000000366. The summed E-state index contributed by atoms with van der Waals surface area (Å²) >= 11 is 1.75. The van der Waals surface area contributed by atoms with Crippen LogP contribution < -0.4 is 0 Å². The van der Waals surface area contributed by atoms with E-state index < -0.39 is 0 Å². The molecule has 3 aromatic carbocycles. The number of aromatic hydroxyl groups is 1. The van der Waals surface area contributed by atoms with E-state index in [9.17, 15) is 0 Å². The number of aryl methyl sites for hydroxylation is 2. The first-order valence-electron chi connectivity index (χ1n) is 10.5. The molecule has 1 nitrogen and oxygen atoms in total. The van der Waals surface area contributed by atoms with Crippen molar-refractivity contribution in [2.75, 3.05) is 0 Å². The van der Waals surface area contributed by atoms with Gasteiger partial charge in [0.1, 0.15) is 5.75 Å². The molecule has 0 spiro atoms. The second-order valence-electron chi connectivity index (χ2n) is 7.30. The average molecular weight is 532 g/mol. The van der Waals surface area contributed by atoms with Crippen molar-refractivity contribution in [2.24, 2.45) is 5.92 Å². The molecule has 1 N–H and O–H groups in total. The molecular formula is C30H37Cl2OTi-3. The maximum absolute atomic E-state index is 8.99. The van der Waals surface area contributed by atoms with Gasteiger partial charge in [-0.3, -0.25) is 6.08 Å². The fraction of sp³-hybridized carbons (Fsp3) is 0.233. The minimum atomic E-state index is 0. The Kier molecular flexibility index (Phi) is 24.7. The van der Waals surface area contributed by atoms with Crippen LogP contribution in [0.25, 0.3) is 0 Å². The molecule has 0 aromatic heterocycles. The summed E-state index contributed by atoms with van der Waals surface area (Å²) in [5, 5.41) is 8.99. The molecule has 1 atom stereocenters. The summed E-state index contributed by atoms with van der Waals surface area (Å²) in [4.78, 5) is 3.25. The summed E-state index contributed by atoms with van der Waals surface area (Å²) in [5.74, 6) is 0.914. The van der Waals surface area contributed by atoms with Crippen LogP contribution in [-0.4, -0.2) is 9.92 Å². The first kappa shape index (κ1) is 36.7. The monoisotopic (exact) mass is 531 g/mol. The summed E-state index contributed by atoms with van der Waals surface area (Å²) in [6.45, 7) is 12.6. The van der Waals surface area contributed by atoms with Crippen LogP contribution in [0.15, 0.2) is 95.6 Å². The Morgan fingerprint density at radius 2 is 1.09 bits per heavy atom. The average Bonchev–Trinajstić information content (AvgIpc) is 3.03. The van der Waals surface area contributed by atoms with Gasteiger partial charge in [0, 0.05) is 0 Å². The Morgan fingerprint density at radius 1 is 0.706 bits per heavy atom. The van der Waals surface area contributed by atoms with Crippen LogP contribution >= 0.6 is 24.8 Å². The van der Waals surface area contributed by atoms with Gasteiger partial charge in [0.05, 0.1) is 0 Å². The molecule has 0 aliphatic heterocycles. The van der Waals surface area contributed by atoms with Crippen molar-refractivity contribution >= 4 is 29.6 Å². The van der Waals surface area contributed by atoms with Crippen molar-refractivity contribution < 1.29 is 25.1 Å². The van der Waals surface area contributed by atoms with Crippen LogP contribution in [0.3, 0.4) is 0 Å². The van der Waals surface area contributed by atoms with Crippen LogP contribution in [-0.2, 0) is 20.0 Å².